The zero-order valence-corrected chi connectivity index (χ0v) is 23.7. The van der Waals surface area contributed by atoms with E-state index < -0.39 is 23.0 Å². The molecule has 40 heavy (non-hydrogen) atoms. The third kappa shape index (κ3) is 5.16. The summed E-state index contributed by atoms with van der Waals surface area (Å²) in [6.45, 7) is 4.74. The van der Waals surface area contributed by atoms with Crippen LogP contribution >= 0.6 is 11.3 Å². The van der Waals surface area contributed by atoms with Gasteiger partial charge in [-0.25, -0.2) is 9.97 Å². The van der Waals surface area contributed by atoms with Gasteiger partial charge in [0.05, 0.1) is 37.3 Å². The third-order valence-corrected chi connectivity index (χ3v) is 8.87. The van der Waals surface area contributed by atoms with Gasteiger partial charge in [0.15, 0.2) is 0 Å². The van der Waals surface area contributed by atoms with Gasteiger partial charge in [-0.15, -0.1) is 11.3 Å². The van der Waals surface area contributed by atoms with Gasteiger partial charge in [0.25, 0.3) is 5.56 Å². The molecule has 1 aliphatic carbocycles. The van der Waals surface area contributed by atoms with E-state index in [1.807, 2.05) is 24.3 Å². The quantitative estimate of drug-likeness (QED) is 0.295. The molecule has 1 saturated carbocycles. The van der Waals surface area contributed by atoms with Gasteiger partial charge in [-0.2, -0.15) is 0 Å². The molecule has 1 aliphatic rings. The zero-order valence-electron chi connectivity index (χ0n) is 22.9. The van der Waals surface area contributed by atoms with Crippen molar-refractivity contribution in [2.45, 2.75) is 76.6 Å². The van der Waals surface area contributed by atoms with E-state index in [1.54, 1.807) is 14.0 Å². The molecule has 4 aromatic rings. The molecule has 0 aliphatic heterocycles. The van der Waals surface area contributed by atoms with Gasteiger partial charge in [0.2, 0.25) is 5.89 Å². The second kappa shape index (κ2) is 11.1. The standard InChI is InChI=1S/C29H33N3O7S/c1-16-23(25-30-13-14-38-25)40-27-20(31-24(26(34)32(16)27)29(2,3)28(35)36)15-22(19-7-5-6-8-21(19)37-4)39-18-11-9-17(33)10-12-18/h5-8,13-14,17-18,22,33H,9-12,15H2,1-4H3,(H,35,36)/t17?,18?,22-/m0/s1. The number of carboxylic acid groups (broad SMARTS) is 1. The van der Waals surface area contributed by atoms with Gasteiger partial charge in [0, 0.05) is 17.7 Å². The number of oxazole rings is 1. The summed E-state index contributed by atoms with van der Waals surface area (Å²) in [5.74, 6) is -0.127. The van der Waals surface area contributed by atoms with Crippen molar-refractivity contribution in [1.29, 1.82) is 0 Å². The lowest BCUT2D eigenvalue weighted by Crippen LogP contribution is -2.38. The van der Waals surface area contributed by atoms with Crippen molar-refractivity contribution >= 4 is 22.1 Å². The van der Waals surface area contributed by atoms with Crippen LogP contribution in [0.2, 0.25) is 0 Å². The number of carbonyl (C=O) groups is 1. The Labute approximate surface area is 235 Å². The first-order chi connectivity index (χ1) is 19.1. The highest BCUT2D eigenvalue weighted by Gasteiger charge is 2.37. The smallest absolute Gasteiger partial charge is 0.315 e. The molecule has 1 atom stereocenters. The van der Waals surface area contributed by atoms with E-state index in [2.05, 4.69) is 4.98 Å². The van der Waals surface area contributed by atoms with Gasteiger partial charge >= 0.3 is 5.97 Å². The van der Waals surface area contributed by atoms with Crippen molar-refractivity contribution in [1.82, 2.24) is 14.4 Å². The number of rotatable bonds is 9. The van der Waals surface area contributed by atoms with Crippen molar-refractivity contribution in [2.24, 2.45) is 0 Å². The molecule has 3 aromatic heterocycles. The molecule has 11 heteroatoms. The van der Waals surface area contributed by atoms with Crippen LogP contribution in [0, 0.1) is 6.92 Å². The lowest BCUT2D eigenvalue weighted by Gasteiger charge is -2.30. The number of nitrogens with zero attached hydrogens (tertiary/aromatic N) is 3. The van der Waals surface area contributed by atoms with Crippen LogP contribution in [-0.2, 0) is 21.4 Å². The Morgan fingerprint density at radius 2 is 1.98 bits per heavy atom. The average Bonchev–Trinajstić information content (AvgIpc) is 3.59. The van der Waals surface area contributed by atoms with Crippen LogP contribution in [0.3, 0.4) is 0 Å². The van der Waals surface area contributed by atoms with E-state index in [-0.39, 0.29) is 24.3 Å². The summed E-state index contributed by atoms with van der Waals surface area (Å²) in [6.07, 6.45) is 5.11. The van der Waals surface area contributed by atoms with Crippen LogP contribution < -0.4 is 10.3 Å². The number of hydrogen-bond donors (Lipinski definition) is 2. The van der Waals surface area contributed by atoms with Crippen molar-refractivity contribution in [3.63, 3.8) is 0 Å². The number of benzene rings is 1. The number of aliphatic hydroxyl groups is 1. The largest absolute Gasteiger partial charge is 0.496 e. The lowest BCUT2D eigenvalue weighted by atomic mass is 9.89. The maximum atomic E-state index is 13.8. The number of aromatic nitrogens is 3. The van der Waals surface area contributed by atoms with Crippen molar-refractivity contribution in [2.75, 3.05) is 7.11 Å². The predicted molar refractivity (Wildman–Crippen MR) is 149 cm³/mol. The number of para-hydroxylation sites is 1. The minimum absolute atomic E-state index is 0.0630. The molecular formula is C29H33N3O7S. The summed E-state index contributed by atoms with van der Waals surface area (Å²) in [7, 11) is 1.60. The average molecular weight is 568 g/mol. The number of fused-ring (bicyclic) bond motifs is 1. The zero-order chi connectivity index (χ0) is 28.6. The Bertz CT molecular complexity index is 1570. The highest BCUT2D eigenvalue weighted by Crippen LogP contribution is 2.38. The Morgan fingerprint density at radius 3 is 2.62 bits per heavy atom. The van der Waals surface area contributed by atoms with E-state index >= 15 is 0 Å². The number of methoxy groups -OCH3 is 1. The van der Waals surface area contributed by atoms with Crippen LogP contribution in [0.15, 0.2) is 45.9 Å². The minimum atomic E-state index is -1.54. The molecule has 212 valence electrons. The third-order valence-electron chi connectivity index (χ3n) is 7.58. The summed E-state index contributed by atoms with van der Waals surface area (Å²) in [5, 5.41) is 20.0. The number of aliphatic carboxylic acids is 1. The van der Waals surface area contributed by atoms with Crippen molar-refractivity contribution in [3.05, 3.63) is 69.7 Å². The molecule has 1 aromatic carbocycles. The molecular weight excluding hydrogens is 534 g/mol. The van der Waals surface area contributed by atoms with E-state index in [1.165, 1.54) is 42.0 Å². The first kappa shape index (κ1) is 28.0. The summed E-state index contributed by atoms with van der Waals surface area (Å²) in [4.78, 5) is 36.2. The minimum Gasteiger partial charge on any atom is -0.496 e. The normalized spacial score (nSPS) is 18.6. The predicted octanol–water partition coefficient (Wildman–Crippen LogP) is 4.69. The van der Waals surface area contributed by atoms with Crippen molar-refractivity contribution in [3.8, 4) is 16.5 Å². The molecule has 2 N–H and O–H groups in total. The second-order valence-electron chi connectivity index (χ2n) is 10.6. The first-order valence-electron chi connectivity index (χ1n) is 13.3. The molecule has 1 fully saturated rings. The maximum absolute atomic E-state index is 13.8. The summed E-state index contributed by atoms with van der Waals surface area (Å²) >= 11 is 1.32. The Morgan fingerprint density at radius 1 is 1.25 bits per heavy atom. The summed E-state index contributed by atoms with van der Waals surface area (Å²) in [5.41, 5.74) is -0.149. The number of hydrogen-bond acceptors (Lipinski definition) is 9. The van der Waals surface area contributed by atoms with Crippen LogP contribution in [0.1, 0.15) is 68.3 Å². The van der Waals surface area contributed by atoms with Crippen LogP contribution in [0.5, 0.6) is 5.75 Å². The number of thiazole rings is 1. The second-order valence-corrected chi connectivity index (χ2v) is 11.6. The number of carboxylic acids is 1. The fraction of sp³-hybridized carbons (Fsp3) is 0.448. The highest BCUT2D eigenvalue weighted by molar-refractivity contribution is 7.20. The molecule has 0 amide bonds. The van der Waals surface area contributed by atoms with Crippen LogP contribution in [0.25, 0.3) is 15.6 Å². The molecule has 10 nitrogen and oxygen atoms in total. The molecule has 0 saturated heterocycles. The maximum Gasteiger partial charge on any atom is 0.315 e. The summed E-state index contributed by atoms with van der Waals surface area (Å²) in [6, 6.07) is 7.59. The Hall–Kier alpha value is -3.54. The Balaban J connectivity index is 1.69. The molecule has 5 rings (SSSR count). The van der Waals surface area contributed by atoms with Gasteiger partial charge in [-0.05, 0) is 52.5 Å². The fourth-order valence-corrected chi connectivity index (χ4v) is 6.35. The van der Waals surface area contributed by atoms with Gasteiger partial charge in [-0.3, -0.25) is 14.0 Å². The van der Waals surface area contributed by atoms with Gasteiger partial charge in [-0.1, -0.05) is 18.2 Å². The summed E-state index contributed by atoms with van der Waals surface area (Å²) < 4.78 is 19.4. The number of aryl methyl sites for hydroxylation is 1. The van der Waals surface area contributed by atoms with Crippen LogP contribution in [-0.4, -0.2) is 49.9 Å². The van der Waals surface area contributed by atoms with Gasteiger partial charge in [0.1, 0.15) is 32.8 Å². The first-order valence-corrected chi connectivity index (χ1v) is 14.1. The van der Waals surface area contributed by atoms with Crippen LogP contribution in [0.4, 0.5) is 0 Å². The number of aliphatic hydroxyl groups excluding tert-OH is 1. The van der Waals surface area contributed by atoms with E-state index in [4.69, 9.17) is 18.9 Å². The molecule has 0 spiro atoms. The molecule has 3 heterocycles. The fourth-order valence-electron chi connectivity index (χ4n) is 5.17. The Kier molecular flexibility index (Phi) is 7.80. The van der Waals surface area contributed by atoms with E-state index in [9.17, 15) is 19.8 Å². The molecule has 0 radical (unpaired) electrons. The van der Waals surface area contributed by atoms with Gasteiger partial charge < -0.3 is 24.1 Å². The van der Waals surface area contributed by atoms with E-state index in [0.717, 1.165) is 5.56 Å². The number of ether oxygens (including phenoxy) is 2. The highest BCUT2D eigenvalue weighted by atomic mass is 32.1. The lowest BCUT2D eigenvalue weighted by molar-refractivity contribution is -0.142. The SMILES string of the molecule is COc1ccccc1[C@H](Cc1nc(C(C)(C)C(=O)O)c(=O)n2c(C)c(-c3ncco3)sc12)OC1CCC(O)CC1. The molecule has 0 unspecified atom stereocenters. The molecule has 0 bridgehead atoms. The monoisotopic (exact) mass is 567 g/mol. The topological polar surface area (TPSA) is 136 Å². The van der Waals surface area contributed by atoms with E-state index in [0.29, 0.717) is 58.4 Å². The van der Waals surface area contributed by atoms with Crippen molar-refractivity contribution < 1.29 is 28.9 Å².